The molecular formula is H6Al4O18S3. The summed E-state index contributed by atoms with van der Waals surface area (Å²) in [6.07, 6.45) is 0. The number of hydrogen-bond acceptors (Lipinski definition) is 18. The molecule has 0 unspecified atom stereocenters. The van der Waals surface area contributed by atoms with Crippen LogP contribution in [0.4, 0.5) is 0 Å². The maximum absolute atomic E-state index is 8.52. The second-order valence-electron chi connectivity index (χ2n) is 1.22. The summed E-state index contributed by atoms with van der Waals surface area (Å²) >= 11 is 0. The van der Waals surface area contributed by atoms with Crippen LogP contribution >= 0.6 is 0 Å². The van der Waals surface area contributed by atoms with Crippen LogP contribution < -0.4 is 0 Å². The van der Waals surface area contributed by atoms with E-state index in [4.69, 9.17) is 52.6 Å². The molecule has 0 aliphatic heterocycles. The summed E-state index contributed by atoms with van der Waals surface area (Å²) in [7, 11) is -15.5. The molecule has 0 heterocycles. The van der Waals surface area contributed by atoms with E-state index in [9.17, 15) is 0 Å². The van der Waals surface area contributed by atoms with Crippen molar-refractivity contribution in [2.24, 2.45) is 0 Å². The third-order valence-corrected chi connectivity index (χ3v) is 0. The van der Waals surface area contributed by atoms with Crippen LogP contribution in [0.25, 0.3) is 0 Å². The predicted octanol–water partition coefficient (Wildman–Crippen LogP) is -6.60. The molecule has 6 N–H and O–H groups in total. The Morgan fingerprint density at radius 2 is 0.320 bits per heavy atom. The monoisotopic (exact) mass is 498 g/mol. The summed E-state index contributed by atoms with van der Waals surface area (Å²) in [4.78, 5) is 0. The van der Waals surface area contributed by atoms with Gasteiger partial charge in [0.1, 0.15) is 0 Å². The van der Waals surface area contributed by atoms with Gasteiger partial charge in [0.15, 0.2) is 0 Å². The van der Waals surface area contributed by atoms with Gasteiger partial charge in [-0.2, -0.15) is 0 Å². The Morgan fingerprint density at radius 1 is 0.320 bits per heavy atom. The van der Waals surface area contributed by atoms with E-state index in [1.807, 2.05) is 0 Å². The van der Waals surface area contributed by atoms with Crippen LogP contribution in [0.15, 0.2) is 0 Å². The van der Waals surface area contributed by atoms with Crippen molar-refractivity contribution in [2.45, 2.75) is 0 Å². The average molecular weight is 498 g/mol. The normalized spacial score (nSPS) is 6.96. The maximum atomic E-state index is 8.52. The SMILES string of the molecule is O=S(=O)([O-])[O-].O=S(=O)([O-])[O-].O=S(=O)([O-])[O-].[Al+3].[Al+3].[Al+3].[Al+3].[OH-].[OH-].[OH-].[OH-].[OH-].[OH-]. The van der Waals surface area contributed by atoms with Crippen LogP contribution in [0, 0.1) is 0 Å². The summed E-state index contributed by atoms with van der Waals surface area (Å²) < 4.78 is 102. The first-order chi connectivity index (χ1) is 6.00. The second kappa shape index (κ2) is 40.3. The van der Waals surface area contributed by atoms with Crippen LogP contribution in [0.3, 0.4) is 0 Å². The zero-order valence-corrected chi connectivity index (χ0v) is 18.2. The molecule has 0 aliphatic rings. The molecule has 0 atom stereocenters. The van der Waals surface area contributed by atoms with Gasteiger partial charge in [-0.25, -0.2) is 0 Å². The van der Waals surface area contributed by atoms with Gasteiger partial charge in [0.25, 0.3) is 0 Å². The Balaban J connectivity index is -0.00000000655. The molecule has 144 valence electrons. The molecule has 0 aliphatic carbocycles. The van der Waals surface area contributed by atoms with Gasteiger partial charge < -0.3 is 60.2 Å². The summed E-state index contributed by atoms with van der Waals surface area (Å²) in [6.45, 7) is 0. The first-order valence-electron chi connectivity index (χ1n) is 2.00. The van der Waals surface area contributed by atoms with Crippen molar-refractivity contribution in [1.29, 1.82) is 0 Å². The van der Waals surface area contributed by atoms with Crippen molar-refractivity contribution in [1.82, 2.24) is 0 Å². The fourth-order valence-electron chi connectivity index (χ4n) is 0. The van der Waals surface area contributed by atoms with Gasteiger partial charge in [0, 0.05) is 31.2 Å². The summed E-state index contributed by atoms with van der Waals surface area (Å²) in [5.74, 6) is 0. The number of hydrogen-bond donors (Lipinski definition) is 0. The van der Waals surface area contributed by atoms with E-state index in [-0.39, 0.29) is 102 Å². The minimum absolute atomic E-state index is 0. The van der Waals surface area contributed by atoms with Crippen molar-refractivity contribution < 1.29 is 85.4 Å². The van der Waals surface area contributed by atoms with Gasteiger partial charge in [-0.1, -0.05) is 0 Å². The van der Waals surface area contributed by atoms with Crippen molar-refractivity contribution in [3.63, 3.8) is 0 Å². The third-order valence-electron chi connectivity index (χ3n) is 0. The summed E-state index contributed by atoms with van der Waals surface area (Å²) in [6, 6.07) is 0. The van der Waals surface area contributed by atoms with Crippen molar-refractivity contribution >= 4 is 101 Å². The van der Waals surface area contributed by atoms with E-state index in [2.05, 4.69) is 0 Å². The largest absolute Gasteiger partial charge is 3.00 e. The Labute approximate surface area is 185 Å². The average Bonchev–Trinajstić information content (AvgIpc) is 1.41. The second-order valence-corrected chi connectivity index (χ2v) is 3.67. The number of rotatable bonds is 0. The molecule has 0 aromatic heterocycles. The molecule has 0 spiro atoms. The smallest absolute Gasteiger partial charge is 0.870 e. The molecule has 25 heteroatoms. The molecule has 0 aromatic rings. The van der Waals surface area contributed by atoms with Crippen LogP contribution in [0.2, 0.25) is 0 Å². The van der Waals surface area contributed by atoms with Gasteiger partial charge >= 0.3 is 69.4 Å². The van der Waals surface area contributed by atoms with Crippen LogP contribution in [-0.2, 0) is 31.2 Å². The van der Waals surface area contributed by atoms with Crippen LogP contribution in [0.5, 0.6) is 0 Å². The molecule has 0 rings (SSSR count). The zero-order valence-electron chi connectivity index (χ0n) is 11.1. The van der Waals surface area contributed by atoms with Crippen LogP contribution in [0.1, 0.15) is 0 Å². The summed E-state index contributed by atoms with van der Waals surface area (Å²) in [5, 5.41) is 0. The van der Waals surface area contributed by atoms with E-state index in [0.717, 1.165) is 0 Å². The zero-order chi connectivity index (χ0) is 13.5. The van der Waals surface area contributed by atoms with Crippen molar-refractivity contribution in [3.8, 4) is 0 Å². The fraction of sp³-hybridized carbons (Fsp3) is 0. The molecule has 0 bridgehead atoms. The molecule has 0 aromatic carbocycles. The first kappa shape index (κ1) is 94.5. The quantitative estimate of drug-likeness (QED) is 0.170. The molecular weight excluding hydrogens is 492 g/mol. The van der Waals surface area contributed by atoms with Crippen LogP contribution in [-0.4, -0.2) is 155 Å². The van der Waals surface area contributed by atoms with Gasteiger partial charge in [-0.3, -0.25) is 25.3 Å². The molecule has 18 nitrogen and oxygen atoms in total. The Bertz CT molecular complexity index is 349. The molecule has 0 amide bonds. The van der Waals surface area contributed by atoms with Crippen molar-refractivity contribution in [3.05, 3.63) is 0 Å². The Morgan fingerprint density at radius 3 is 0.320 bits per heavy atom. The van der Waals surface area contributed by atoms with Gasteiger partial charge in [-0.05, 0) is 0 Å². The van der Waals surface area contributed by atoms with Gasteiger partial charge in [-0.15, -0.1) is 0 Å². The van der Waals surface area contributed by atoms with Crippen molar-refractivity contribution in [2.75, 3.05) is 0 Å². The van der Waals surface area contributed by atoms with E-state index in [0.29, 0.717) is 0 Å². The third kappa shape index (κ3) is 6260. The molecule has 0 fully saturated rings. The summed E-state index contributed by atoms with van der Waals surface area (Å²) in [5.41, 5.74) is 0. The molecule has 25 heavy (non-hydrogen) atoms. The molecule has 0 saturated heterocycles. The van der Waals surface area contributed by atoms with Gasteiger partial charge in [0.2, 0.25) is 0 Å². The Kier molecular flexibility index (Phi) is 152. The van der Waals surface area contributed by atoms with E-state index in [1.54, 1.807) is 0 Å². The standard InChI is InChI=1S/4Al.3H2O4S.6H2O/c;;;;3*1-5(2,3)4;;;;;;/h;;;;3*(H2,1,2,3,4);6*1H2/q4*+3;;;;;;;;;/p-12. The van der Waals surface area contributed by atoms with E-state index >= 15 is 0 Å². The van der Waals surface area contributed by atoms with E-state index in [1.165, 1.54) is 0 Å². The van der Waals surface area contributed by atoms with Gasteiger partial charge in [0.05, 0.1) is 0 Å². The Hall–Kier alpha value is 1.50. The topological polar surface area (TPSA) is 421 Å². The van der Waals surface area contributed by atoms with E-state index < -0.39 is 31.2 Å². The predicted molar refractivity (Wildman–Crippen MR) is 66.1 cm³/mol. The first-order valence-corrected chi connectivity index (χ1v) is 6.00. The maximum Gasteiger partial charge on any atom is 3.00 e. The molecule has 0 radical (unpaired) electrons. The fourth-order valence-corrected chi connectivity index (χ4v) is 0. The minimum Gasteiger partial charge on any atom is -0.870 e. The minimum atomic E-state index is -5.17. The molecule has 0 saturated carbocycles.